The fraction of sp³-hybridized carbons (Fsp3) is 0.136. The highest BCUT2D eigenvalue weighted by atomic mass is 16.5. The van der Waals surface area contributed by atoms with E-state index in [1.165, 1.54) is 6.08 Å². The number of nitrogens with one attached hydrogen (secondary N) is 1. The van der Waals surface area contributed by atoms with Gasteiger partial charge in [-0.2, -0.15) is 0 Å². The van der Waals surface area contributed by atoms with Crippen molar-refractivity contribution in [2.24, 2.45) is 0 Å². The summed E-state index contributed by atoms with van der Waals surface area (Å²) in [5.74, 6) is 1.78. The topological polar surface area (TPSA) is 84.9 Å². The summed E-state index contributed by atoms with van der Waals surface area (Å²) >= 11 is 0. The molecule has 4 amide bonds. The Morgan fingerprint density at radius 1 is 1.07 bits per heavy atom. The zero-order chi connectivity index (χ0) is 20.8. The first-order valence-corrected chi connectivity index (χ1v) is 8.84. The number of anilines is 1. The molecule has 0 radical (unpaired) electrons. The maximum Gasteiger partial charge on any atom is 0.335 e. The van der Waals surface area contributed by atoms with Gasteiger partial charge in [0.1, 0.15) is 12.2 Å². The van der Waals surface area contributed by atoms with E-state index < -0.39 is 17.8 Å². The number of urea groups is 1. The van der Waals surface area contributed by atoms with E-state index in [1.807, 2.05) is 6.92 Å². The molecule has 7 heteroatoms. The average molecular weight is 390 g/mol. The minimum Gasteiger partial charge on any atom is -0.490 e. The monoisotopic (exact) mass is 390 g/mol. The van der Waals surface area contributed by atoms with E-state index in [0.29, 0.717) is 29.4 Å². The van der Waals surface area contributed by atoms with E-state index in [2.05, 4.69) is 11.2 Å². The second-order valence-corrected chi connectivity index (χ2v) is 5.93. The first-order chi connectivity index (χ1) is 14.0. The van der Waals surface area contributed by atoms with Crippen LogP contribution >= 0.6 is 0 Å². The SMILES string of the molecule is C#CCOc1ccc(/C=C2\C(=O)NC(=O)N(c3ccccc3)C2=O)cc1OCC. The molecule has 29 heavy (non-hydrogen) atoms. The summed E-state index contributed by atoms with van der Waals surface area (Å²) in [6, 6.07) is 12.5. The number of imide groups is 2. The second kappa shape index (κ2) is 8.76. The molecule has 0 bridgehead atoms. The molecular weight excluding hydrogens is 372 g/mol. The van der Waals surface area contributed by atoms with E-state index in [4.69, 9.17) is 15.9 Å². The van der Waals surface area contributed by atoms with Crippen LogP contribution in [0.3, 0.4) is 0 Å². The molecular formula is C22H18N2O5. The van der Waals surface area contributed by atoms with E-state index in [9.17, 15) is 14.4 Å². The normalized spacial score (nSPS) is 15.1. The average Bonchev–Trinajstić information content (AvgIpc) is 2.71. The van der Waals surface area contributed by atoms with Crippen molar-refractivity contribution in [3.05, 3.63) is 59.7 Å². The number of carbonyl (C=O) groups is 3. The van der Waals surface area contributed by atoms with Gasteiger partial charge in [-0.1, -0.05) is 30.2 Å². The number of para-hydroxylation sites is 1. The molecule has 1 aliphatic heterocycles. The highest BCUT2D eigenvalue weighted by Gasteiger charge is 2.36. The van der Waals surface area contributed by atoms with Crippen LogP contribution in [-0.2, 0) is 9.59 Å². The third-order valence-corrected chi connectivity index (χ3v) is 4.01. The van der Waals surface area contributed by atoms with Gasteiger partial charge in [0, 0.05) is 0 Å². The number of rotatable bonds is 6. The molecule has 1 fully saturated rings. The lowest BCUT2D eigenvalue weighted by Gasteiger charge is -2.26. The number of hydrogen-bond donors (Lipinski definition) is 1. The number of amides is 4. The molecule has 2 aromatic carbocycles. The van der Waals surface area contributed by atoms with Crippen LogP contribution in [0.1, 0.15) is 12.5 Å². The summed E-state index contributed by atoms with van der Waals surface area (Å²) in [6.07, 6.45) is 6.61. The van der Waals surface area contributed by atoms with Gasteiger partial charge < -0.3 is 9.47 Å². The number of terminal acetylenes is 1. The Labute approximate surface area is 167 Å². The molecule has 1 heterocycles. The summed E-state index contributed by atoms with van der Waals surface area (Å²) in [4.78, 5) is 38.3. The van der Waals surface area contributed by atoms with Gasteiger partial charge >= 0.3 is 6.03 Å². The molecule has 2 aromatic rings. The van der Waals surface area contributed by atoms with Crippen molar-refractivity contribution in [2.45, 2.75) is 6.92 Å². The summed E-state index contributed by atoms with van der Waals surface area (Å²) in [6.45, 7) is 2.29. The first-order valence-electron chi connectivity index (χ1n) is 8.84. The van der Waals surface area contributed by atoms with Crippen molar-refractivity contribution < 1.29 is 23.9 Å². The Hall–Kier alpha value is -4.05. The summed E-state index contributed by atoms with van der Waals surface area (Å²) < 4.78 is 11.0. The Morgan fingerprint density at radius 3 is 2.52 bits per heavy atom. The molecule has 1 N–H and O–H groups in total. The van der Waals surface area contributed by atoms with E-state index in [0.717, 1.165) is 4.90 Å². The van der Waals surface area contributed by atoms with Crippen molar-refractivity contribution in [2.75, 3.05) is 18.1 Å². The Balaban J connectivity index is 1.96. The van der Waals surface area contributed by atoms with Crippen LogP contribution in [0.15, 0.2) is 54.1 Å². The van der Waals surface area contributed by atoms with Crippen LogP contribution < -0.4 is 19.7 Å². The molecule has 0 atom stereocenters. The number of hydrogen-bond acceptors (Lipinski definition) is 5. The van der Waals surface area contributed by atoms with Crippen molar-refractivity contribution in [1.82, 2.24) is 5.32 Å². The quantitative estimate of drug-likeness (QED) is 0.466. The molecule has 1 aliphatic rings. The second-order valence-electron chi connectivity index (χ2n) is 5.93. The van der Waals surface area contributed by atoms with Gasteiger partial charge in [0.15, 0.2) is 11.5 Å². The third kappa shape index (κ3) is 4.28. The lowest BCUT2D eigenvalue weighted by atomic mass is 10.1. The van der Waals surface area contributed by atoms with Crippen LogP contribution in [0, 0.1) is 12.3 Å². The molecule has 0 unspecified atom stereocenters. The number of ether oxygens (including phenoxy) is 2. The lowest BCUT2D eigenvalue weighted by Crippen LogP contribution is -2.54. The Morgan fingerprint density at radius 2 is 1.83 bits per heavy atom. The van der Waals surface area contributed by atoms with E-state index in [-0.39, 0.29) is 12.2 Å². The molecule has 0 saturated carbocycles. The fourth-order valence-corrected chi connectivity index (χ4v) is 2.76. The lowest BCUT2D eigenvalue weighted by molar-refractivity contribution is -0.122. The third-order valence-electron chi connectivity index (χ3n) is 4.01. The Kier molecular flexibility index (Phi) is 5.95. The van der Waals surface area contributed by atoms with Gasteiger partial charge in [-0.3, -0.25) is 14.9 Å². The summed E-state index contributed by atoms with van der Waals surface area (Å²) in [7, 11) is 0. The maximum absolute atomic E-state index is 12.9. The molecule has 0 aliphatic carbocycles. The van der Waals surface area contributed by atoms with Gasteiger partial charge in [-0.15, -0.1) is 6.42 Å². The van der Waals surface area contributed by atoms with Crippen LogP contribution in [0.4, 0.5) is 10.5 Å². The van der Waals surface area contributed by atoms with Crippen LogP contribution in [-0.4, -0.2) is 31.1 Å². The standard InChI is InChI=1S/C22H18N2O5/c1-3-12-29-18-11-10-15(14-19(18)28-4-2)13-17-20(25)23-22(27)24(21(17)26)16-8-6-5-7-9-16/h1,5-11,13-14H,4,12H2,2H3,(H,23,25,27)/b17-13+. The Bertz CT molecular complexity index is 1020. The molecule has 1 saturated heterocycles. The number of nitrogens with zero attached hydrogens (tertiary/aromatic N) is 1. The summed E-state index contributed by atoms with van der Waals surface area (Å²) in [5.41, 5.74) is 0.719. The highest BCUT2D eigenvalue weighted by molar-refractivity contribution is 6.39. The van der Waals surface area contributed by atoms with E-state index in [1.54, 1.807) is 48.5 Å². The van der Waals surface area contributed by atoms with Crippen molar-refractivity contribution in [1.29, 1.82) is 0 Å². The van der Waals surface area contributed by atoms with Crippen LogP contribution in [0.5, 0.6) is 11.5 Å². The van der Waals surface area contributed by atoms with Crippen LogP contribution in [0.2, 0.25) is 0 Å². The number of carbonyl (C=O) groups excluding carboxylic acids is 3. The first kappa shape index (κ1) is 19.7. The molecule has 146 valence electrons. The highest BCUT2D eigenvalue weighted by Crippen LogP contribution is 2.30. The minimum absolute atomic E-state index is 0.0789. The van der Waals surface area contributed by atoms with Crippen molar-refractivity contribution >= 4 is 29.6 Å². The van der Waals surface area contributed by atoms with Crippen LogP contribution in [0.25, 0.3) is 6.08 Å². The van der Waals surface area contributed by atoms with Crippen molar-refractivity contribution in [3.8, 4) is 23.8 Å². The molecule has 0 aromatic heterocycles. The summed E-state index contributed by atoms with van der Waals surface area (Å²) in [5, 5.41) is 2.19. The zero-order valence-electron chi connectivity index (χ0n) is 15.7. The van der Waals surface area contributed by atoms with Gasteiger partial charge in [0.25, 0.3) is 11.8 Å². The van der Waals surface area contributed by atoms with Gasteiger partial charge in [0.05, 0.1) is 12.3 Å². The predicted octanol–water partition coefficient (Wildman–Crippen LogP) is 2.76. The predicted molar refractivity (Wildman–Crippen MR) is 107 cm³/mol. The number of barbiturate groups is 1. The molecule has 0 spiro atoms. The van der Waals surface area contributed by atoms with Crippen molar-refractivity contribution in [3.63, 3.8) is 0 Å². The smallest absolute Gasteiger partial charge is 0.335 e. The maximum atomic E-state index is 12.9. The van der Waals surface area contributed by atoms with Gasteiger partial charge in [0.2, 0.25) is 0 Å². The van der Waals surface area contributed by atoms with Gasteiger partial charge in [-0.25, -0.2) is 9.69 Å². The molecule has 7 nitrogen and oxygen atoms in total. The minimum atomic E-state index is -0.795. The molecule has 3 rings (SSSR count). The fourth-order valence-electron chi connectivity index (χ4n) is 2.76. The van der Waals surface area contributed by atoms with Gasteiger partial charge in [-0.05, 0) is 42.8 Å². The number of benzene rings is 2. The largest absolute Gasteiger partial charge is 0.490 e. The zero-order valence-corrected chi connectivity index (χ0v) is 15.7. The van der Waals surface area contributed by atoms with E-state index >= 15 is 0 Å².